The third-order valence-electron chi connectivity index (χ3n) is 6.37. The van der Waals surface area contributed by atoms with Crippen LogP contribution in [-0.2, 0) is 29.1 Å². The molecule has 0 unspecified atom stereocenters. The van der Waals surface area contributed by atoms with Crippen molar-refractivity contribution in [2.75, 3.05) is 26.2 Å². The van der Waals surface area contributed by atoms with Crippen LogP contribution in [0.25, 0.3) is 0 Å². The highest BCUT2D eigenvalue weighted by Crippen LogP contribution is 2.27. The molecule has 0 radical (unpaired) electrons. The number of aryl methyl sites for hydroxylation is 1. The van der Waals surface area contributed by atoms with Crippen molar-refractivity contribution in [3.05, 3.63) is 82.7 Å². The number of amides is 2. The van der Waals surface area contributed by atoms with E-state index in [0.29, 0.717) is 57.1 Å². The van der Waals surface area contributed by atoms with Crippen molar-refractivity contribution in [1.29, 1.82) is 0 Å². The number of carbonyl (C=O) groups is 2. The fraction of sp³-hybridized carbons (Fsp3) is 0.360. The highest BCUT2D eigenvalue weighted by Gasteiger charge is 2.32. The molecule has 5 rings (SSSR count). The van der Waals surface area contributed by atoms with E-state index in [-0.39, 0.29) is 17.9 Å². The number of nitrogens with zero attached hydrogens (tertiary/aromatic N) is 5. The van der Waals surface area contributed by atoms with Crippen LogP contribution < -0.4 is 0 Å². The number of hydrogen-bond acceptors (Lipinski definition) is 5. The first-order chi connectivity index (χ1) is 16.1. The lowest BCUT2D eigenvalue weighted by atomic mass is 10.1. The Morgan fingerprint density at radius 1 is 0.970 bits per heavy atom. The van der Waals surface area contributed by atoms with Gasteiger partial charge in [-0.3, -0.25) is 9.59 Å². The van der Waals surface area contributed by atoms with Crippen molar-refractivity contribution < 1.29 is 14.3 Å². The molecule has 170 valence electrons. The molecule has 0 aliphatic carbocycles. The van der Waals surface area contributed by atoms with E-state index in [2.05, 4.69) is 10.3 Å². The molecule has 2 aliphatic rings. The first-order valence-electron chi connectivity index (χ1n) is 11.3. The van der Waals surface area contributed by atoms with Gasteiger partial charge in [0, 0.05) is 26.2 Å². The zero-order valence-electron chi connectivity index (χ0n) is 18.7. The Hall–Kier alpha value is -3.52. The molecule has 8 heteroatoms. The molecular formula is C25H27N5O3. The normalized spacial score (nSPS) is 18.2. The number of fused-ring (bicyclic) bond motifs is 1. The van der Waals surface area contributed by atoms with E-state index in [4.69, 9.17) is 4.74 Å². The molecule has 1 fully saturated rings. The highest BCUT2D eigenvalue weighted by atomic mass is 16.5. The van der Waals surface area contributed by atoms with Crippen molar-refractivity contribution in [2.24, 2.45) is 0 Å². The topological polar surface area (TPSA) is 80.6 Å². The van der Waals surface area contributed by atoms with Crippen LogP contribution in [0.1, 0.15) is 39.0 Å². The molecule has 2 aliphatic heterocycles. The van der Waals surface area contributed by atoms with Crippen LogP contribution in [0.3, 0.4) is 0 Å². The first-order valence-corrected chi connectivity index (χ1v) is 11.3. The second-order valence-electron chi connectivity index (χ2n) is 8.61. The summed E-state index contributed by atoms with van der Waals surface area (Å²) in [5, 5.41) is 8.40. The van der Waals surface area contributed by atoms with E-state index in [1.165, 1.54) is 5.56 Å². The summed E-state index contributed by atoms with van der Waals surface area (Å²) >= 11 is 0. The van der Waals surface area contributed by atoms with Crippen LogP contribution in [-0.4, -0.2) is 62.8 Å². The first kappa shape index (κ1) is 21.3. The molecule has 1 saturated heterocycles. The molecular weight excluding hydrogens is 418 g/mol. The summed E-state index contributed by atoms with van der Waals surface area (Å²) in [4.78, 5) is 29.4. The van der Waals surface area contributed by atoms with Gasteiger partial charge < -0.3 is 14.5 Å². The maximum absolute atomic E-state index is 13.1. The number of benzene rings is 2. The van der Waals surface area contributed by atoms with Gasteiger partial charge in [0.15, 0.2) is 5.69 Å². The molecule has 0 bridgehead atoms. The lowest BCUT2D eigenvalue weighted by molar-refractivity contribution is -0.131. The van der Waals surface area contributed by atoms with E-state index >= 15 is 0 Å². The van der Waals surface area contributed by atoms with Gasteiger partial charge in [-0.2, -0.15) is 0 Å². The number of hydrogen-bond donors (Lipinski definition) is 0. The van der Waals surface area contributed by atoms with Crippen LogP contribution in [0, 0.1) is 6.92 Å². The fourth-order valence-electron chi connectivity index (χ4n) is 4.35. The number of carbonyl (C=O) groups excluding carboxylic acids is 2. The molecule has 3 aromatic rings. The Kier molecular flexibility index (Phi) is 5.92. The quantitative estimate of drug-likeness (QED) is 0.616. The molecule has 1 aromatic heterocycles. The Morgan fingerprint density at radius 2 is 1.67 bits per heavy atom. The summed E-state index contributed by atoms with van der Waals surface area (Å²) in [7, 11) is 0. The third kappa shape index (κ3) is 4.52. The fourth-order valence-corrected chi connectivity index (χ4v) is 4.35. The average molecular weight is 446 g/mol. The molecule has 33 heavy (non-hydrogen) atoms. The third-order valence-corrected chi connectivity index (χ3v) is 6.37. The SMILES string of the molecule is Cc1ccc(CC(=O)N2CCN(C(=O)c3nnn4c3CO[C@@H](c3ccccc3)C4)CC2)cc1. The van der Waals surface area contributed by atoms with Gasteiger partial charge in [-0.25, -0.2) is 4.68 Å². The molecule has 0 spiro atoms. The van der Waals surface area contributed by atoms with E-state index in [9.17, 15) is 9.59 Å². The van der Waals surface area contributed by atoms with Crippen LogP contribution >= 0.6 is 0 Å². The van der Waals surface area contributed by atoms with Gasteiger partial charge in [0.25, 0.3) is 5.91 Å². The van der Waals surface area contributed by atoms with E-state index in [0.717, 1.165) is 11.1 Å². The van der Waals surface area contributed by atoms with Crippen LogP contribution in [0.4, 0.5) is 0 Å². The minimum absolute atomic E-state index is 0.0901. The average Bonchev–Trinajstić information content (AvgIpc) is 3.29. The van der Waals surface area contributed by atoms with E-state index in [1.54, 1.807) is 9.58 Å². The maximum Gasteiger partial charge on any atom is 0.276 e. The van der Waals surface area contributed by atoms with Gasteiger partial charge in [-0.05, 0) is 18.1 Å². The van der Waals surface area contributed by atoms with Gasteiger partial charge >= 0.3 is 0 Å². The van der Waals surface area contributed by atoms with Gasteiger partial charge in [0.2, 0.25) is 5.91 Å². The summed E-state index contributed by atoms with van der Waals surface area (Å²) in [6.07, 6.45) is 0.276. The van der Waals surface area contributed by atoms with Crippen molar-refractivity contribution in [3.63, 3.8) is 0 Å². The Morgan fingerprint density at radius 3 is 2.39 bits per heavy atom. The Labute approximate surface area is 192 Å². The van der Waals surface area contributed by atoms with E-state index in [1.807, 2.05) is 66.4 Å². The molecule has 2 aromatic carbocycles. The second-order valence-corrected chi connectivity index (χ2v) is 8.61. The summed E-state index contributed by atoms with van der Waals surface area (Å²) in [5.74, 6) is -0.0593. The standard InChI is InChI=1S/C25H27N5O3/c1-18-7-9-19(10-8-18)15-23(31)28-11-13-29(14-12-28)25(32)24-21-17-33-22(16-30(21)27-26-24)20-5-3-2-4-6-20/h2-10,22H,11-17H2,1H3/t22-/m1/s1. The summed E-state index contributed by atoms with van der Waals surface area (Å²) in [5.41, 5.74) is 4.33. The van der Waals surface area contributed by atoms with E-state index < -0.39 is 0 Å². The number of rotatable bonds is 4. The highest BCUT2D eigenvalue weighted by molar-refractivity contribution is 5.93. The smallest absolute Gasteiger partial charge is 0.276 e. The molecule has 8 nitrogen and oxygen atoms in total. The van der Waals surface area contributed by atoms with Crippen molar-refractivity contribution in [3.8, 4) is 0 Å². The largest absolute Gasteiger partial charge is 0.365 e. The summed E-state index contributed by atoms with van der Waals surface area (Å²) < 4.78 is 7.79. The predicted molar refractivity (Wildman–Crippen MR) is 121 cm³/mol. The van der Waals surface area contributed by atoms with Gasteiger partial charge in [-0.15, -0.1) is 5.10 Å². The molecule has 0 saturated carbocycles. The summed E-state index contributed by atoms with van der Waals surface area (Å²) in [6, 6.07) is 18.0. The zero-order valence-corrected chi connectivity index (χ0v) is 18.7. The maximum atomic E-state index is 13.1. The van der Waals surface area contributed by atoms with Crippen molar-refractivity contribution in [1.82, 2.24) is 24.8 Å². The Balaban J connectivity index is 1.18. The van der Waals surface area contributed by atoms with Crippen molar-refractivity contribution in [2.45, 2.75) is 32.6 Å². The molecule has 2 amide bonds. The van der Waals surface area contributed by atoms with Gasteiger partial charge in [0.05, 0.1) is 25.3 Å². The van der Waals surface area contributed by atoms with Crippen molar-refractivity contribution >= 4 is 11.8 Å². The predicted octanol–water partition coefficient (Wildman–Crippen LogP) is 2.39. The molecule has 0 N–H and O–H groups in total. The summed E-state index contributed by atoms with van der Waals surface area (Å²) in [6.45, 7) is 4.86. The Bertz CT molecular complexity index is 1130. The lowest BCUT2D eigenvalue weighted by Crippen LogP contribution is -2.51. The molecule has 1 atom stereocenters. The zero-order chi connectivity index (χ0) is 22.8. The van der Waals surface area contributed by atoms with Crippen LogP contribution in [0.5, 0.6) is 0 Å². The van der Waals surface area contributed by atoms with Crippen LogP contribution in [0.2, 0.25) is 0 Å². The van der Waals surface area contributed by atoms with Gasteiger partial charge in [0.1, 0.15) is 6.10 Å². The monoisotopic (exact) mass is 445 g/mol. The number of aromatic nitrogens is 3. The lowest BCUT2D eigenvalue weighted by Gasteiger charge is -2.34. The second kappa shape index (κ2) is 9.15. The minimum atomic E-state index is -0.149. The van der Waals surface area contributed by atoms with Gasteiger partial charge in [-0.1, -0.05) is 65.4 Å². The number of piperazine rings is 1. The molecule has 3 heterocycles. The van der Waals surface area contributed by atoms with Crippen LogP contribution in [0.15, 0.2) is 54.6 Å². The number of ether oxygens (including phenoxy) is 1. The minimum Gasteiger partial charge on any atom is -0.365 e.